The Kier molecular flexibility index (Phi) is 3.70. The molecule has 1 N–H and O–H groups in total. The molecule has 84 valence electrons. The second-order valence-corrected chi connectivity index (χ2v) is 4.45. The molecule has 1 rings (SSSR count). The van der Waals surface area contributed by atoms with Gasteiger partial charge in [0.15, 0.2) is 0 Å². The van der Waals surface area contributed by atoms with Gasteiger partial charge in [-0.3, -0.25) is 4.79 Å². The molecule has 4 nitrogen and oxygen atoms in total. The molecule has 0 heterocycles. The number of nitriles is 1. The smallest absolute Gasteiger partial charge is 0.225 e. The van der Waals surface area contributed by atoms with Gasteiger partial charge in [0.1, 0.15) is 5.54 Å². The summed E-state index contributed by atoms with van der Waals surface area (Å²) in [5.74, 6) is 0.299. The van der Waals surface area contributed by atoms with Crippen molar-refractivity contribution in [1.29, 1.82) is 5.26 Å². The highest BCUT2D eigenvalue weighted by Gasteiger charge is 2.36. The van der Waals surface area contributed by atoms with Crippen LogP contribution in [0.2, 0.25) is 0 Å². The molecule has 0 bridgehead atoms. The van der Waals surface area contributed by atoms with Gasteiger partial charge in [0.05, 0.1) is 6.07 Å². The van der Waals surface area contributed by atoms with E-state index in [0.717, 1.165) is 25.7 Å². The summed E-state index contributed by atoms with van der Waals surface area (Å²) in [6.45, 7) is 0. The van der Waals surface area contributed by atoms with Crippen molar-refractivity contribution in [2.75, 3.05) is 21.1 Å². The van der Waals surface area contributed by atoms with Crippen LogP contribution < -0.4 is 5.32 Å². The Balaban J connectivity index is 2.57. The van der Waals surface area contributed by atoms with Gasteiger partial charge >= 0.3 is 0 Å². The fourth-order valence-electron chi connectivity index (χ4n) is 2.14. The second-order valence-electron chi connectivity index (χ2n) is 4.45. The molecule has 4 heteroatoms. The second kappa shape index (κ2) is 4.63. The standard InChI is InChI=1S/C11H19N3O/c1-13-11(8-12)6-4-9(5-7-11)10(15)14(2)3/h9,13H,4-7H2,1-3H3. The lowest BCUT2D eigenvalue weighted by Gasteiger charge is -2.34. The van der Waals surface area contributed by atoms with Gasteiger partial charge in [-0.25, -0.2) is 0 Å². The van der Waals surface area contributed by atoms with E-state index in [1.165, 1.54) is 0 Å². The molecule has 0 spiro atoms. The third-order valence-corrected chi connectivity index (χ3v) is 3.32. The van der Waals surface area contributed by atoms with E-state index >= 15 is 0 Å². The molecular formula is C11H19N3O. The number of amides is 1. The average Bonchev–Trinajstić information content (AvgIpc) is 2.28. The van der Waals surface area contributed by atoms with Crippen LogP contribution in [0.4, 0.5) is 0 Å². The van der Waals surface area contributed by atoms with Gasteiger partial charge in [-0.1, -0.05) is 0 Å². The van der Waals surface area contributed by atoms with Crippen LogP contribution in [0.15, 0.2) is 0 Å². The molecule has 0 aromatic rings. The Morgan fingerprint density at radius 1 is 1.47 bits per heavy atom. The SMILES string of the molecule is CNC1(C#N)CCC(C(=O)N(C)C)CC1. The molecule has 0 aromatic carbocycles. The van der Waals surface area contributed by atoms with Crippen molar-refractivity contribution in [3.63, 3.8) is 0 Å². The van der Waals surface area contributed by atoms with Gasteiger partial charge in [-0.15, -0.1) is 0 Å². The fraction of sp³-hybridized carbons (Fsp3) is 0.818. The third kappa shape index (κ3) is 2.48. The number of nitrogens with one attached hydrogen (secondary N) is 1. The number of carbonyl (C=O) groups excluding carboxylic acids is 1. The van der Waals surface area contributed by atoms with Crippen molar-refractivity contribution in [3.05, 3.63) is 0 Å². The quantitative estimate of drug-likeness (QED) is 0.730. The van der Waals surface area contributed by atoms with E-state index in [2.05, 4.69) is 11.4 Å². The van der Waals surface area contributed by atoms with Crippen LogP contribution in [-0.2, 0) is 4.79 Å². The molecule has 1 aliphatic rings. The Morgan fingerprint density at radius 3 is 2.33 bits per heavy atom. The summed E-state index contributed by atoms with van der Waals surface area (Å²) in [5.41, 5.74) is -0.400. The average molecular weight is 209 g/mol. The fourth-order valence-corrected chi connectivity index (χ4v) is 2.14. The summed E-state index contributed by atoms with van der Waals surface area (Å²) in [4.78, 5) is 13.4. The minimum atomic E-state index is -0.400. The summed E-state index contributed by atoms with van der Waals surface area (Å²) >= 11 is 0. The first-order valence-corrected chi connectivity index (χ1v) is 5.36. The van der Waals surface area contributed by atoms with E-state index in [1.54, 1.807) is 19.0 Å². The van der Waals surface area contributed by atoms with E-state index in [9.17, 15) is 4.79 Å². The third-order valence-electron chi connectivity index (χ3n) is 3.32. The van der Waals surface area contributed by atoms with Crippen molar-refractivity contribution in [3.8, 4) is 6.07 Å². The summed E-state index contributed by atoms with van der Waals surface area (Å²) in [7, 11) is 5.39. The topological polar surface area (TPSA) is 56.1 Å². The van der Waals surface area contributed by atoms with Crippen LogP contribution in [0.1, 0.15) is 25.7 Å². The van der Waals surface area contributed by atoms with Crippen LogP contribution in [0, 0.1) is 17.2 Å². The zero-order chi connectivity index (χ0) is 11.5. The number of carbonyl (C=O) groups is 1. The summed E-state index contributed by atoms with van der Waals surface area (Å²) in [6.07, 6.45) is 3.16. The monoisotopic (exact) mass is 209 g/mol. The van der Waals surface area contributed by atoms with Crippen molar-refractivity contribution < 1.29 is 4.79 Å². The van der Waals surface area contributed by atoms with Crippen molar-refractivity contribution in [1.82, 2.24) is 10.2 Å². The summed E-state index contributed by atoms with van der Waals surface area (Å²) < 4.78 is 0. The molecule has 15 heavy (non-hydrogen) atoms. The first kappa shape index (κ1) is 12.0. The molecule has 0 radical (unpaired) electrons. The number of nitrogens with zero attached hydrogens (tertiary/aromatic N) is 2. The molecule has 1 saturated carbocycles. The van der Waals surface area contributed by atoms with Gasteiger partial charge in [0.25, 0.3) is 0 Å². The van der Waals surface area contributed by atoms with E-state index < -0.39 is 5.54 Å². The Hall–Kier alpha value is -1.08. The highest BCUT2D eigenvalue weighted by Crippen LogP contribution is 2.32. The lowest BCUT2D eigenvalue weighted by atomic mass is 9.77. The largest absolute Gasteiger partial charge is 0.349 e. The van der Waals surface area contributed by atoms with E-state index in [-0.39, 0.29) is 11.8 Å². The van der Waals surface area contributed by atoms with Crippen molar-refractivity contribution in [2.24, 2.45) is 5.92 Å². The number of rotatable bonds is 2. The maximum atomic E-state index is 11.7. The molecule has 0 aromatic heterocycles. The highest BCUT2D eigenvalue weighted by molar-refractivity contribution is 5.78. The minimum Gasteiger partial charge on any atom is -0.349 e. The molecule has 0 aliphatic heterocycles. The first-order valence-electron chi connectivity index (χ1n) is 5.36. The van der Waals surface area contributed by atoms with Crippen LogP contribution in [0.5, 0.6) is 0 Å². The van der Waals surface area contributed by atoms with Crippen LogP contribution in [-0.4, -0.2) is 37.5 Å². The van der Waals surface area contributed by atoms with Gasteiger partial charge in [0, 0.05) is 20.0 Å². The lowest BCUT2D eigenvalue weighted by Crippen LogP contribution is -2.46. The van der Waals surface area contributed by atoms with E-state index in [0.29, 0.717) is 0 Å². The summed E-state index contributed by atoms with van der Waals surface area (Å²) in [5, 5.41) is 12.1. The predicted molar refractivity (Wildman–Crippen MR) is 58.1 cm³/mol. The van der Waals surface area contributed by atoms with Gasteiger partial charge in [-0.05, 0) is 32.7 Å². The van der Waals surface area contributed by atoms with Gasteiger partial charge in [0.2, 0.25) is 5.91 Å². The maximum absolute atomic E-state index is 11.7. The van der Waals surface area contributed by atoms with E-state index in [4.69, 9.17) is 5.26 Å². The zero-order valence-corrected chi connectivity index (χ0v) is 9.71. The van der Waals surface area contributed by atoms with Crippen molar-refractivity contribution >= 4 is 5.91 Å². The maximum Gasteiger partial charge on any atom is 0.225 e. The normalized spacial score (nSPS) is 30.7. The Labute approximate surface area is 91.2 Å². The predicted octanol–water partition coefficient (Wildman–Crippen LogP) is 0.747. The molecular weight excluding hydrogens is 190 g/mol. The Bertz CT molecular complexity index is 272. The number of hydrogen-bond donors (Lipinski definition) is 1. The molecule has 1 amide bonds. The molecule has 1 fully saturated rings. The molecule has 0 atom stereocenters. The van der Waals surface area contributed by atoms with E-state index in [1.807, 2.05) is 7.05 Å². The van der Waals surface area contributed by atoms with Crippen LogP contribution in [0.25, 0.3) is 0 Å². The highest BCUT2D eigenvalue weighted by atomic mass is 16.2. The van der Waals surface area contributed by atoms with Gasteiger partial charge in [-0.2, -0.15) is 5.26 Å². The van der Waals surface area contributed by atoms with Crippen LogP contribution >= 0.6 is 0 Å². The lowest BCUT2D eigenvalue weighted by molar-refractivity contribution is -0.134. The zero-order valence-electron chi connectivity index (χ0n) is 9.71. The first-order chi connectivity index (χ1) is 7.04. The molecule has 0 unspecified atom stereocenters. The number of hydrogen-bond acceptors (Lipinski definition) is 3. The molecule has 1 aliphatic carbocycles. The summed E-state index contributed by atoms with van der Waals surface area (Å²) in [6, 6.07) is 2.32. The van der Waals surface area contributed by atoms with Gasteiger partial charge < -0.3 is 10.2 Å². The Morgan fingerprint density at radius 2 is 2.00 bits per heavy atom. The minimum absolute atomic E-state index is 0.106. The van der Waals surface area contributed by atoms with Crippen molar-refractivity contribution in [2.45, 2.75) is 31.2 Å². The molecule has 0 saturated heterocycles. The van der Waals surface area contributed by atoms with Crippen LogP contribution in [0.3, 0.4) is 0 Å².